The molecule has 0 unspecified atom stereocenters. The lowest BCUT2D eigenvalue weighted by Gasteiger charge is -2.12. The minimum Gasteiger partial charge on any atom is -0.461 e. The molecule has 176 valence electrons. The highest BCUT2D eigenvalue weighted by Crippen LogP contribution is 2.23. The fourth-order valence-corrected chi connectivity index (χ4v) is 4.04. The molecule has 0 aliphatic rings. The van der Waals surface area contributed by atoms with Crippen molar-refractivity contribution in [2.45, 2.75) is 59.6 Å². The van der Waals surface area contributed by atoms with E-state index in [1.807, 2.05) is 50.2 Å². The lowest BCUT2D eigenvalue weighted by Crippen LogP contribution is -2.26. The number of hydrogen-bond acceptors (Lipinski definition) is 6. The summed E-state index contributed by atoms with van der Waals surface area (Å²) < 4.78 is 12.6. The van der Waals surface area contributed by atoms with E-state index >= 15 is 0 Å². The average molecular weight is 461 g/mol. The second kappa shape index (κ2) is 10.0. The Balaban J connectivity index is 1.50. The van der Waals surface area contributed by atoms with Gasteiger partial charge in [-0.1, -0.05) is 37.6 Å². The van der Waals surface area contributed by atoms with Crippen LogP contribution in [0.1, 0.15) is 48.6 Å². The summed E-state index contributed by atoms with van der Waals surface area (Å²) in [6.45, 7) is 6.47. The minimum atomic E-state index is -0.486. The molecule has 2 aromatic carbocycles. The van der Waals surface area contributed by atoms with Crippen LogP contribution in [0.5, 0.6) is 0 Å². The van der Waals surface area contributed by atoms with Crippen molar-refractivity contribution in [2.24, 2.45) is 0 Å². The SMILES string of the molecule is CCCCn1c(=O)c(CCC(=O)OCc2cc(=O)oc3c(C)c(C)ccc23)nc2ccccc21. The van der Waals surface area contributed by atoms with Gasteiger partial charge in [-0.2, -0.15) is 0 Å². The molecule has 0 spiro atoms. The lowest BCUT2D eigenvalue weighted by molar-refractivity contribution is -0.144. The molecule has 0 atom stereocenters. The smallest absolute Gasteiger partial charge is 0.336 e. The van der Waals surface area contributed by atoms with Gasteiger partial charge in [0.05, 0.1) is 17.5 Å². The summed E-state index contributed by atoms with van der Waals surface area (Å²) in [6, 6.07) is 12.7. The van der Waals surface area contributed by atoms with Gasteiger partial charge in [0, 0.05) is 30.0 Å². The van der Waals surface area contributed by atoms with Crippen LogP contribution in [0.4, 0.5) is 0 Å². The number of carbonyl (C=O) groups is 1. The number of benzene rings is 2. The summed E-state index contributed by atoms with van der Waals surface area (Å²) in [5.74, 6) is -0.459. The number of aromatic nitrogens is 2. The molecule has 0 bridgehead atoms. The van der Waals surface area contributed by atoms with Crippen LogP contribution in [0, 0.1) is 13.8 Å². The number of rotatable bonds is 8. The number of ether oxygens (including phenoxy) is 1. The number of fused-ring (bicyclic) bond motifs is 2. The second-order valence-electron chi connectivity index (χ2n) is 8.49. The first-order valence-corrected chi connectivity index (χ1v) is 11.6. The first kappa shape index (κ1) is 23.4. The van der Waals surface area contributed by atoms with E-state index in [1.165, 1.54) is 6.07 Å². The van der Waals surface area contributed by atoms with Crippen LogP contribution in [0.25, 0.3) is 22.0 Å². The molecule has 0 N–H and O–H groups in total. The molecule has 4 rings (SSSR count). The van der Waals surface area contributed by atoms with Crippen molar-refractivity contribution in [2.75, 3.05) is 0 Å². The average Bonchev–Trinajstić information content (AvgIpc) is 2.83. The van der Waals surface area contributed by atoms with Crippen LogP contribution in [0.3, 0.4) is 0 Å². The van der Waals surface area contributed by atoms with Gasteiger partial charge in [-0.15, -0.1) is 0 Å². The molecule has 2 heterocycles. The molecule has 0 saturated heterocycles. The number of esters is 1. The van der Waals surface area contributed by atoms with Gasteiger partial charge in [-0.25, -0.2) is 9.78 Å². The zero-order valence-corrected chi connectivity index (χ0v) is 19.7. The molecule has 4 aromatic rings. The predicted octanol–water partition coefficient (Wildman–Crippen LogP) is 4.60. The highest BCUT2D eigenvalue weighted by molar-refractivity contribution is 5.84. The first-order valence-electron chi connectivity index (χ1n) is 11.6. The number of aryl methyl sites for hydroxylation is 4. The highest BCUT2D eigenvalue weighted by atomic mass is 16.5. The largest absolute Gasteiger partial charge is 0.461 e. The van der Waals surface area contributed by atoms with Gasteiger partial charge in [0.15, 0.2) is 0 Å². The third-order valence-corrected chi connectivity index (χ3v) is 6.13. The van der Waals surface area contributed by atoms with Gasteiger partial charge >= 0.3 is 11.6 Å². The van der Waals surface area contributed by atoms with Crippen LogP contribution >= 0.6 is 0 Å². The molecule has 0 amide bonds. The molecule has 7 nitrogen and oxygen atoms in total. The molecule has 0 fully saturated rings. The number of unbranched alkanes of at least 4 members (excludes halogenated alkanes) is 1. The van der Waals surface area contributed by atoms with Crippen molar-refractivity contribution in [1.82, 2.24) is 9.55 Å². The minimum absolute atomic E-state index is 0.0197. The molecule has 0 aliphatic carbocycles. The number of carbonyl (C=O) groups excluding carboxylic acids is 1. The van der Waals surface area contributed by atoms with Crippen LogP contribution < -0.4 is 11.2 Å². The Morgan fingerprint density at radius 3 is 2.71 bits per heavy atom. The van der Waals surface area contributed by atoms with Gasteiger partial charge in [-0.05, 0) is 43.5 Å². The van der Waals surface area contributed by atoms with Crippen molar-refractivity contribution >= 4 is 28.0 Å². The van der Waals surface area contributed by atoms with E-state index in [9.17, 15) is 14.4 Å². The van der Waals surface area contributed by atoms with Gasteiger partial charge in [0.25, 0.3) is 5.56 Å². The first-order chi connectivity index (χ1) is 16.4. The quantitative estimate of drug-likeness (QED) is 0.282. The Morgan fingerprint density at radius 1 is 1.12 bits per heavy atom. The molecule has 2 aromatic heterocycles. The Labute approximate surface area is 197 Å². The molecule has 0 aliphatic heterocycles. The van der Waals surface area contributed by atoms with Crippen molar-refractivity contribution in [1.29, 1.82) is 0 Å². The van der Waals surface area contributed by atoms with E-state index in [2.05, 4.69) is 11.9 Å². The van der Waals surface area contributed by atoms with E-state index in [0.29, 0.717) is 23.4 Å². The van der Waals surface area contributed by atoms with E-state index in [1.54, 1.807) is 4.57 Å². The Bertz CT molecular complexity index is 1480. The predicted molar refractivity (Wildman–Crippen MR) is 131 cm³/mol. The molecule has 0 saturated carbocycles. The Kier molecular flexibility index (Phi) is 6.91. The number of nitrogens with zero attached hydrogens (tertiary/aromatic N) is 2. The molecular weight excluding hydrogens is 432 g/mol. The summed E-state index contributed by atoms with van der Waals surface area (Å²) in [5, 5.41) is 0.741. The third-order valence-electron chi connectivity index (χ3n) is 6.13. The van der Waals surface area contributed by atoms with Crippen molar-refractivity contribution in [3.05, 3.63) is 85.6 Å². The summed E-state index contributed by atoms with van der Waals surface area (Å²) in [4.78, 5) is 42.1. The fourth-order valence-electron chi connectivity index (χ4n) is 4.04. The van der Waals surface area contributed by atoms with Crippen molar-refractivity contribution in [3.63, 3.8) is 0 Å². The van der Waals surface area contributed by atoms with Crippen LogP contribution in [-0.2, 0) is 29.1 Å². The Hall–Kier alpha value is -3.74. The molecule has 34 heavy (non-hydrogen) atoms. The maximum absolute atomic E-state index is 13.0. The second-order valence-corrected chi connectivity index (χ2v) is 8.49. The maximum atomic E-state index is 13.0. The molecule has 0 radical (unpaired) electrons. The van der Waals surface area contributed by atoms with Gasteiger partial charge in [0.2, 0.25) is 0 Å². The summed E-state index contributed by atoms with van der Waals surface area (Å²) in [5.41, 5.74) is 4.21. The molecule has 7 heteroatoms. The maximum Gasteiger partial charge on any atom is 0.336 e. The number of hydrogen-bond donors (Lipinski definition) is 0. The van der Waals surface area contributed by atoms with Crippen LogP contribution in [-0.4, -0.2) is 15.5 Å². The zero-order valence-electron chi connectivity index (χ0n) is 19.7. The lowest BCUT2D eigenvalue weighted by atomic mass is 10.0. The number of para-hydroxylation sites is 2. The van der Waals surface area contributed by atoms with Crippen molar-refractivity contribution < 1.29 is 13.9 Å². The summed E-state index contributed by atoms with van der Waals surface area (Å²) >= 11 is 0. The summed E-state index contributed by atoms with van der Waals surface area (Å²) in [6.07, 6.45) is 2.06. The normalized spacial score (nSPS) is 11.3. The van der Waals surface area contributed by atoms with Gasteiger partial charge in [0.1, 0.15) is 17.9 Å². The standard InChI is InChI=1S/C27H28N2O5/c1-4-5-14-29-23-9-7-6-8-21(23)28-22(27(29)32)12-13-24(30)33-16-19-15-25(31)34-26-18(3)17(2)10-11-20(19)26/h6-11,15H,4-5,12-14,16H2,1-3H3. The zero-order chi connectivity index (χ0) is 24.2. The highest BCUT2D eigenvalue weighted by Gasteiger charge is 2.15. The van der Waals surface area contributed by atoms with Gasteiger partial charge < -0.3 is 13.7 Å². The van der Waals surface area contributed by atoms with E-state index in [-0.39, 0.29) is 25.0 Å². The van der Waals surface area contributed by atoms with E-state index in [4.69, 9.17) is 9.15 Å². The van der Waals surface area contributed by atoms with Crippen LogP contribution in [0.15, 0.2) is 56.5 Å². The Morgan fingerprint density at radius 2 is 1.91 bits per heavy atom. The fraction of sp³-hybridized carbons (Fsp3) is 0.333. The van der Waals surface area contributed by atoms with Gasteiger partial charge in [-0.3, -0.25) is 9.59 Å². The van der Waals surface area contributed by atoms with Crippen LogP contribution in [0.2, 0.25) is 0 Å². The molecular formula is C27H28N2O5. The summed E-state index contributed by atoms with van der Waals surface area (Å²) in [7, 11) is 0. The monoisotopic (exact) mass is 460 g/mol. The topological polar surface area (TPSA) is 91.4 Å². The van der Waals surface area contributed by atoms with E-state index in [0.717, 1.165) is 40.4 Å². The van der Waals surface area contributed by atoms with E-state index < -0.39 is 11.6 Å². The van der Waals surface area contributed by atoms with Crippen molar-refractivity contribution in [3.8, 4) is 0 Å². The third kappa shape index (κ3) is 4.78.